The quantitative estimate of drug-likeness (QED) is 0.904. The van der Waals surface area contributed by atoms with Crippen molar-refractivity contribution in [1.29, 1.82) is 0 Å². The Bertz CT molecular complexity index is 625. The van der Waals surface area contributed by atoms with Gasteiger partial charge in [-0.1, -0.05) is 5.12 Å². The number of hydrazone groups is 2. The van der Waals surface area contributed by atoms with Gasteiger partial charge < -0.3 is 9.47 Å². The van der Waals surface area contributed by atoms with Crippen LogP contribution in [0, 0.1) is 0 Å². The molecule has 22 heavy (non-hydrogen) atoms. The van der Waals surface area contributed by atoms with Crippen molar-refractivity contribution in [1.82, 2.24) is 10.7 Å². The second-order valence-electron chi connectivity index (χ2n) is 4.02. The Morgan fingerprint density at radius 3 is 2.36 bits per heavy atom. The molecule has 1 aliphatic heterocycles. The first-order chi connectivity index (χ1) is 10.4. The summed E-state index contributed by atoms with van der Waals surface area (Å²) in [7, 11) is 2.49. The Morgan fingerprint density at radius 2 is 1.86 bits per heavy atom. The minimum absolute atomic E-state index is 0.118. The van der Waals surface area contributed by atoms with Crippen LogP contribution in [0.4, 0.5) is 18.0 Å². The smallest absolute Gasteiger partial charge is 0.451 e. The molecule has 1 amide bonds. The predicted octanol–water partition coefficient (Wildman–Crippen LogP) is 1.90. The number of hydrazine groups is 1. The van der Waals surface area contributed by atoms with E-state index in [9.17, 15) is 18.0 Å². The van der Waals surface area contributed by atoms with Gasteiger partial charge in [-0.2, -0.15) is 23.8 Å². The van der Waals surface area contributed by atoms with Gasteiger partial charge in [-0.05, 0) is 24.3 Å². The Labute approximate surface area is 123 Å². The molecule has 0 aliphatic carbocycles. The van der Waals surface area contributed by atoms with Crippen molar-refractivity contribution in [2.75, 3.05) is 14.2 Å². The van der Waals surface area contributed by atoms with Crippen molar-refractivity contribution in [2.24, 2.45) is 10.2 Å². The minimum Gasteiger partial charge on any atom is -0.497 e. The fourth-order valence-electron chi connectivity index (χ4n) is 1.63. The molecule has 10 heteroatoms. The summed E-state index contributed by atoms with van der Waals surface area (Å²) in [5, 5.41) is 7.22. The van der Waals surface area contributed by atoms with E-state index in [1.807, 2.05) is 5.53 Å². The zero-order valence-electron chi connectivity index (χ0n) is 11.5. The van der Waals surface area contributed by atoms with Gasteiger partial charge in [-0.3, -0.25) is 0 Å². The fourth-order valence-corrected chi connectivity index (χ4v) is 1.63. The Morgan fingerprint density at radius 1 is 1.23 bits per heavy atom. The van der Waals surface area contributed by atoms with Crippen molar-refractivity contribution in [3.63, 3.8) is 0 Å². The van der Waals surface area contributed by atoms with Crippen LogP contribution in [0.25, 0.3) is 0 Å². The first kappa shape index (κ1) is 15.6. The van der Waals surface area contributed by atoms with Gasteiger partial charge in [-0.15, -0.1) is 5.10 Å². The topological polar surface area (TPSA) is 75.5 Å². The first-order valence-electron chi connectivity index (χ1n) is 5.89. The summed E-state index contributed by atoms with van der Waals surface area (Å²) in [6, 6.07) is 5.69. The van der Waals surface area contributed by atoms with Crippen LogP contribution in [-0.2, 0) is 4.74 Å². The van der Waals surface area contributed by atoms with Gasteiger partial charge in [0, 0.05) is 5.56 Å². The van der Waals surface area contributed by atoms with Crippen LogP contribution in [0.2, 0.25) is 0 Å². The summed E-state index contributed by atoms with van der Waals surface area (Å²) >= 11 is 0. The van der Waals surface area contributed by atoms with Crippen LogP contribution in [0.3, 0.4) is 0 Å². The van der Waals surface area contributed by atoms with Gasteiger partial charge >= 0.3 is 12.3 Å². The molecule has 0 atom stereocenters. The predicted molar refractivity (Wildman–Crippen MR) is 70.4 cm³/mol. The number of rotatable bonds is 2. The number of nitrogens with one attached hydrogen (secondary N) is 1. The number of halogens is 3. The lowest BCUT2D eigenvalue weighted by atomic mass is 10.1. The van der Waals surface area contributed by atoms with E-state index in [2.05, 4.69) is 14.9 Å². The lowest BCUT2D eigenvalue weighted by Gasteiger charge is -2.23. The highest BCUT2D eigenvalue weighted by atomic mass is 19.4. The average molecular weight is 316 g/mol. The Kier molecular flexibility index (Phi) is 4.20. The Balaban J connectivity index is 2.44. The van der Waals surface area contributed by atoms with Crippen LogP contribution in [0.1, 0.15) is 5.56 Å². The van der Waals surface area contributed by atoms with Crippen molar-refractivity contribution >= 4 is 17.5 Å². The molecule has 1 aromatic rings. The molecule has 0 spiro atoms. The van der Waals surface area contributed by atoms with E-state index in [0.29, 0.717) is 10.9 Å². The van der Waals surface area contributed by atoms with Gasteiger partial charge in [0.1, 0.15) is 11.5 Å². The maximum Gasteiger partial charge on any atom is 0.451 e. The lowest BCUT2D eigenvalue weighted by Crippen LogP contribution is -2.46. The summed E-state index contributed by atoms with van der Waals surface area (Å²) in [4.78, 5) is 11.4. The standard InChI is InChI=1S/C12H11F3N4O3/c1-21-8-5-3-7(4-6-8)9-10(12(13,14)15)16-18-19(17-9)11(20)22-2/h3-6,18H,1-2H3. The highest BCUT2D eigenvalue weighted by Crippen LogP contribution is 2.24. The average Bonchev–Trinajstić information content (AvgIpc) is 2.52. The van der Waals surface area contributed by atoms with Crippen molar-refractivity contribution < 1.29 is 27.4 Å². The molecule has 1 N–H and O–H groups in total. The summed E-state index contributed by atoms with van der Waals surface area (Å²) in [6.07, 6.45) is -5.75. The second kappa shape index (κ2) is 5.92. The minimum atomic E-state index is -4.74. The maximum atomic E-state index is 13.0. The third kappa shape index (κ3) is 3.10. The van der Waals surface area contributed by atoms with Crippen LogP contribution in [0.5, 0.6) is 5.75 Å². The van der Waals surface area contributed by atoms with Crippen molar-refractivity contribution in [3.8, 4) is 5.75 Å². The molecule has 0 saturated heterocycles. The zero-order valence-corrected chi connectivity index (χ0v) is 11.5. The number of carbonyl (C=O) groups is 1. The van der Waals surface area contributed by atoms with Crippen LogP contribution in [0.15, 0.2) is 34.5 Å². The Hall–Kier alpha value is -2.78. The third-order valence-corrected chi connectivity index (χ3v) is 2.66. The lowest BCUT2D eigenvalue weighted by molar-refractivity contribution is -0.0581. The van der Waals surface area contributed by atoms with Crippen LogP contribution in [-0.4, -0.2) is 43.0 Å². The van der Waals surface area contributed by atoms with Gasteiger partial charge in [0.15, 0.2) is 5.71 Å². The monoisotopic (exact) mass is 316 g/mol. The molecule has 1 aromatic carbocycles. The van der Waals surface area contributed by atoms with E-state index in [0.717, 1.165) is 7.11 Å². The van der Waals surface area contributed by atoms with E-state index < -0.39 is 23.7 Å². The molecule has 0 bridgehead atoms. The number of hydrogen-bond acceptors (Lipinski definition) is 6. The first-order valence-corrected chi connectivity index (χ1v) is 5.89. The van der Waals surface area contributed by atoms with E-state index in [1.165, 1.54) is 31.4 Å². The molecule has 0 fully saturated rings. The molecule has 0 saturated carbocycles. The van der Waals surface area contributed by atoms with Gasteiger partial charge in [0.2, 0.25) is 0 Å². The van der Waals surface area contributed by atoms with E-state index in [1.54, 1.807) is 0 Å². The van der Waals surface area contributed by atoms with Crippen LogP contribution >= 0.6 is 0 Å². The van der Waals surface area contributed by atoms with Crippen molar-refractivity contribution in [3.05, 3.63) is 29.8 Å². The highest BCUT2D eigenvalue weighted by Gasteiger charge is 2.42. The molecule has 0 aromatic heterocycles. The second-order valence-corrected chi connectivity index (χ2v) is 4.02. The fraction of sp³-hybridized carbons (Fsp3) is 0.250. The number of nitrogens with zero attached hydrogens (tertiary/aromatic N) is 3. The maximum absolute atomic E-state index is 13.0. The molecule has 2 rings (SSSR count). The van der Waals surface area contributed by atoms with Gasteiger partial charge in [0.05, 0.1) is 14.2 Å². The number of alkyl halides is 3. The largest absolute Gasteiger partial charge is 0.497 e. The van der Waals surface area contributed by atoms with E-state index in [4.69, 9.17) is 4.74 Å². The summed E-state index contributed by atoms with van der Waals surface area (Å²) in [5.74, 6) is 0.466. The number of methoxy groups -OCH3 is 2. The van der Waals surface area contributed by atoms with E-state index in [-0.39, 0.29) is 5.56 Å². The summed E-state index contributed by atoms with van der Waals surface area (Å²) in [5.41, 5.74) is 0.215. The zero-order chi connectivity index (χ0) is 16.3. The number of ether oxygens (including phenoxy) is 2. The SMILES string of the molecule is COC(=O)N1N=C(c2ccc(OC)cc2)C(C(F)(F)F)=NN1. The number of hydrogen-bond donors (Lipinski definition) is 1. The van der Waals surface area contributed by atoms with Gasteiger partial charge in [-0.25, -0.2) is 4.79 Å². The molecule has 7 nitrogen and oxygen atoms in total. The number of benzene rings is 1. The number of carbonyl (C=O) groups excluding carboxylic acids is 1. The third-order valence-electron chi connectivity index (χ3n) is 2.66. The molecular weight excluding hydrogens is 305 g/mol. The summed E-state index contributed by atoms with van der Waals surface area (Å²) < 4.78 is 48.4. The molecule has 1 heterocycles. The molecule has 118 valence electrons. The van der Waals surface area contributed by atoms with Gasteiger partial charge in [0.25, 0.3) is 0 Å². The van der Waals surface area contributed by atoms with Crippen LogP contribution < -0.4 is 10.3 Å². The molecule has 0 radical (unpaired) electrons. The highest BCUT2D eigenvalue weighted by molar-refractivity contribution is 6.50. The number of amides is 1. The molecule has 1 aliphatic rings. The molecule has 0 unspecified atom stereocenters. The van der Waals surface area contributed by atoms with Crippen molar-refractivity contribution in [2.45, 2.75) is 6.18 Å². The molecular formula is C12H11F3N4O3. The van der Waals surface area contributed by atoms with E-state index >= 15 is 0 Å². The normalized spacial score (nSPS) is 14.7. The summed E-state index contributed by atoms with van der Waals surface area (Å²) in [6.45, 7) is 0.